The highest BCUT2D eigenvalue weighted by Crippen LogP contribution is 2.44. The largest absolute Gasteiger partial charge is 0.410 e. The number of anilines is 1. The third-order valence-electron chi connectivity index (χ3n) is 5.51. The Labute approximate surface area is 191 Å². The van der Waals surface area contributed by atoms with E-state index in [1.54, 1.807) is 0 Å². The van der Waals surface area contributed by atoms with E-state index in [1.165, 1.54) is 24.3 Å². The zero-order valence-electron chi connectivity index (χ0n) is 16.8. The third kappa shape index (κ3) is 4.19. The quantitative estimate of drug-likeness (QED) is 0.585. The van der Waals surface area contributed by atoms with Crippen LogP contribution in [0.15, 0.2) is 35.4 Å². The summed E-state index contributed by atoms with van der Waals surface area (Å²) in [4.78, 5) is 12.8. The molecule has 184 valence electrons. The van der Waals surface area contributed by atoms with Crippen LogP contribution >= 0.6 is 11.6 Å². The van der Waals surface area contributed by atoms with Crippen LogP contribution in [0.5, 0.6) is 0 Å². The normalized spacial score (nSPS) is 24.9. The highest BCUT2D eigenvalue weighted by molar-refractivity contribution is 6.30. The molecule has 0 unspecified atom stereocenters. The van der Waals surface area contributed by atoms with Crippen molar-refractivity contribution in [2.45, 2.75) is 49.7 Å². The molecule has 1 aromatic heterocycles. The van der Waals surface area contributed by atoms with Crippen LogP contribution < -0.4 is 5.32 Å². The maximum absolute atomic E-state index is 13.8. The zero-order chi connectivity index (χ0) is 25.0. The van der Waals surface area contributed by atoms with E-state index < -0.39 is 67.0 Å². The molecule has 2 aromatic rings. The number of alkyl halides is 7. The molecule has 1 aromatic carbocycles. The number of hydrazone groups is 1. The van der Waals surface area contributed by atoms with Crippen molar-refractivity contribution < 1.29 is 40.6 Å². The number of aromatic nitrogens is 2. The minimum Gasteiger partial charge on any atom is -0.364 e. The fourth-order valence-corrected chi connectivity index (χ4v) is 3.93. The summed E-state index contributed by atoms with van der Waals surface area (Å²) in [5.41, 5.74) is -4.91. The summed E-state index contributed by atoms with van der Waals surface area (Å²) in [5, 5.41) is 19.7. The first-order valence-electron chi connectivity index (χ1n) is 9.70. The maximum Gasteiger partial charge on any atom is 0.410 e. The van der Waals surface area contributed by atoms with Gasteiger partial charge in [0, 0.05) is 23.9 Å². The van der Waals surface area contributed by atoms with Crippen LogP contribution in [-0.4, -0.2) is 56.3 Å². The lowest BCUT2D eigenvalue weighted by Crippen LogP contribution is -2.51. The van der Waals surface area contributed by atoms with Crippen molar-refractivity contribution in [2.75, 3.05) is 5.32 Å². The molecule has 0 aliphatic carbocycles. The molecule has 1 amide bonds. The van der Waals surface area contributed by atoms with Gasteiger partial charge in [-0.25, -0.2) is 22.2 Å². The van der Waals surface area contributed by atoms with Gasteiger partial charge >= 0.3 is 6.18 Å². The van der Waals surface area contributed by atoms with Crippen molar-refractivity contribution in [3.63, 3.8) is 0 Å². The second kappa shape index (κ2) is 8.41. The minimum atomic E-state index is -4.80. The number of carbonyl (C=O) groups is 1. The van der Waals surface area contributed by atoms with E-state index in [0.29, 0.717) is 15.3 Å². The standard InChI is InChI=1S/C19H15ClF7N5O2/c20-9-3-1-8(2-4-9)10-5-13(19(25,26)27)31-14(28-10)6-11(29-31)16(33)32-18(34,17(23)24)7-12(30-32)15(21)22/h1-4,6,10,13,15,17,28,34H,5,7H2/t10-,13+,18-/m1/s1. The van der Waals surface area contributed by atoms with Gasteiger partial charge in [0.15, 0.2) is 11.7 Å². The Morgan fingerprint density at radius 2 is 1.85 bits per heavy atom. The Kier molecular flexibility index (Phi) is 6.00. The number of fused-ring (bicyclic) bond motifs is 1. The Morgan fingerprint density at radius 1 is 1.21 bits per heavy atom. The van der Waals surface area contributed by atoms with E-state index >= 15 is 0 Å². The average molecular weight is 514 g/mol. The van der Waals surface area contributed by atoms with Crippen molar-refractivity contribution in [2.24, 2.45) is 5.10 Å². The number of hydrogen-bond acceptors (Lipinski definition) is 5. The fraction of sp³-hybridized carbons (Fsp3) is 0.421. The fourth-order valence-electron chi connectivity index (χ4n) is 3.80. The first kappa shape index (κ1) is 24.3. The van der Waals surface area contributed by atoms with Gasteiger partial charge in [-0.1, -0.05) is 23.7 Å². The molecule has 2 N–H and O–H groups in total. The summed E-state index contributed by atoms with van der Waals surface area (Å²) in [7, 11) is 0. The molecule has 2 aliphatic heterocycles. The molecule has 0 saturated carbocycles. The van der Waals surface area contributed by atoms with Gasteiger partial charge in [0.1, 0.15) is 11.5 Å². The molecule has 3 atom stereocenters. The lowest BCUT2D eigenvalue weighted by atomic mass is 9.97. The number of aliphatic hydroxyl groups is 1. The lowest BCUT2D eigenvalue weighted by molar-refractivity contribution is -0.174. The molecule has 0 saturated heterocycles. The maximum atomic E-state index is 13.8. The van der Waals surface area contributed by atoms with Crippen molar-refractivity contribution in [1.29, 1.82) is 0 Å². The predicted molar refractivity (Wildman–Crippen MR) is 105 cm³/mol. The van der Waals surface area contributed by atoms with E-state index in [-0.39, 0.29) is 10.8 Å². The average Bonchev–Trinajstić information content (AvgIpc) is 3.34. The van der Waals surface area contributed by atoms with Crippen molar-refractivity contribution in [3.8, 4) is 0 Å². The molecule has 34 heavy (non-hydrogen) atoms. The number of nitrogens with zero attached hydrogens (tertiary/aromatic N) is 4. The van der Waals surface area contributed by atoms with Gasteiger partial charge in [-0.2, -0.15) is 28.4 Å². The number of amides is 1. The number of carbonyl (C=O) groups excluding carboxylic acids is 1. The molecule has 0 spiro atoms. The molecule has 15 heteroatoms. The van der Waals surface area contributed by atoms with Crippen molar-refractivity contribution in [1.82, 2.24) is 14.8 Å². The van der Waals surface area contributed by atoms with Crippen LogP contribution in [0.2, 0.25) is 5.02 Å². The summed E-state index contributed by atoms with van der Waals surface area (Å²) in [6.45, 7) is 0. The Hall–Kier alpha value is -2.87. The summed E-state index contributed by atoms with van der Waals surface area (Å²) in [6.07, 6.45) is -13.7. The van der Waals surface area contributed by atoms with Crippen LogP contribution in [-0.2, 0) is 0 Å². The van der Waals surface area contributed by atoms with E-state index in [2.05, 4.69) is 15.5 Å². The monoisotopic (exact) mass is 513 g/mol. The third-order valence-corrected chi connectivity index (χ3v) is 5.76. The van der Waals surface area contributed by atoms with Crippen LogP contribution in [0.3, 0.4) is 0 Å². The van der Waals surface area contributed by atoms with Crippen molar-refractivity contribution in [3.05, 3.63) is 46.6 Å². The number of halogens is 8. The summed E-state index contributed by atoms with van der Waals surface area (Å²) < 4.78 is 94.8. The second-order valence-corrected chi connectivity index (χ2v) is 8.20. The topological polar surface area (TPSA) is 82.8 Å². The number of benzene rings is 1. The second-order valence-electron chi connectivity index (χ2n) is 7.77. The molecule has 2 aliphatic rings. The van der Waals surface area contributed by atoms with E-state index in [0.717, 1.165) is 6.07 Å². The first-order valence-corrected chi connectivity index (χ1v) is 10.1. The van der Waals surface area contributed by atoms with E-state index in [1.807, 2.05) is 0 Å². The number of rotatable bonds is 4. The molecule has 0 radical (unpaired) electrons. The Bertz CT molecular complexity index is 1120. The molecule has 0 fully saturated rings. The summed E-state index contributed by atoms with van der Waals surface area (Å²) >= 11 is 5.82. The molecular weight excluding hydrogens is 499 g/mol. The highest BCUT2D eigenvalue weighted by Gasteiger charge is 2.54. The van der Waals surface area contributed by atoms with Gasteiger partial charge in [-0.3, -0.25) is 4.79 Å². The van der Waals surface area contributed by atoms with Gasteiger partial charge in [-0.15, -0.1) is 0 Å². The molecule has 7 nitrogen and oxygen atoms in total. The number of hydrogen-bond donors (Lipinski definition) is 2. The van der Waals surface area contributed by atoms with E-state index in [9.17, 15) is 40.6 Å². The zero-order valence-corrected chi connectivity index (χ0v) is 17.5. The van der Waals surface area contributed by atoms with Crippen LogP contribution in [0.1, 0.15) is 41.0 Å². The summed E-state index contributed by atoms with van der Waals surface area (Å²) in [5.74, 6) is -1.83. The van der Waals surface area contributed by atoms with Crippen LogP contribution in [0.4, 0.5) is 36.6 Å². The molecular formula is C19H15ClF7N5O2. The molecule has 0 bridgehead atoms. The summed E-state index contributed by atoms with van der Waals surface area (Å²) in [6, 6.07) is 3.78. The van der Waals surface area contributed by atoms with Crippen LogP contribution in [0, 0.1) is 0 Å². The van der Waals surface area contributed by atoms with Gasteiger partial charge in [0.25, 0.3) is 18.8 Å². The highest BCUT2D eigenvalue weighted by atomic mass is 35.5. The lowest BCUT2D eigenvalue weighted by Gasteiger charge is -2.33. The van der Waals surface area contributed by atoms with Crippen LogP contribution in [0.25, 0.3) is 0 Å². The Balaban J connectivity index is 1.71. The van der Waals surface area contributed by atoms with Crippen molar-refractivity contribution >= 4 is 29.0 Å². The first-order chi connectivity index (χ1) is 15.8. The molecule has 3 heterocycles. The van der Waals surface area contributed by atoms with Gasteiger partial charge in [-0.05, 0) is 17.7 Å². The van der Waals surface area contributed by atoms with E-state index in [4.69, 9.17) is 11.6 Å². The van der Waals surface area contributed by atoms with Gasteiger partial charge in [0.2, 0.25) is 5.72 Å². The minimum absolute atomic E-state index is 0.257. The smallest absolute Gasteiger partial charge is 0.364 e. The van der Waals surface area contributed by atoms with Gasteiger partial charge < -0.3 is 10.4 Å². The van der Waals surface area contributed by atoms with Gasteiger partial charge in [0.05, 0.1) is 6.04 Å². The Morgan fingerprint density at radius 3 is 2.41 bits per heavy atom. The predicted octanol–water partition coefficient (Wildman–Crippen LogP) is 4.62. The SMILES string of the molecule is O=C(c1cc2n(n1)[C@H](C(F)(F)F)C[C@H](c1ccc(Cl)cc1)N2)N1N=C(C(F)F)C[C@@]1(O)C(F)F. The molecule has 4 rings (SSSR count). The number of nitrogens with one attached hydrogen (secondary N) is 1.